The van der Waals surface area contributed by atoms with Gasteiger partial charge in [0.05, 0.1) is 23.6 Å². The van der Waals surface area contributed by atoms with E-state index in [0.29, 0.717) is 30.2 Å². The molecular weight excluding hydrogens is 444 g/mol. The van der Waals surface area contributed by atoms with Crippen molar-refractivity contribution in [2.24, 2.45) is 4.99 Å². The molecule has 0 spiro atoms. The van der Waals surface area contributed by atoms with E-state index in [0.717, 1.165) is 43.0 Å². The molecule has 8 nitrogen and oxygen atoms in total. The van der Waals surface area contributed by atoms with E-state index in [4.69, 9.17) is 0 Å². The minimum atomic E-state index is -0.292. The molecule has 2 fully saturated rings. The van der Waals surface area contributed by atoms with Crippen LogP contribution in [0.5, 0.6) is 0 Å². The Morgan fingerprint density at radius 2 is 1.43 bits per heavy atom. The maximum atomic E-state index is 12.8. The first kappa shape index (κ1) is 23.1. The second kappa shape index (κ2) is 9.56. The van der Waals surface area contributed by atoms with Gasteiger partial charge < -0.3 is 30.4 Å². The number of benzene rings is 2. The molecule has 0 saturated carbocycles. The summed E-state index contributed by atoms with van der Waals surface area (Å²) in [5, 5.41) is 33.3. The summed E-state index contributed by atoms with van der Waals surface area (Å²) in [6.07, 6.45) is 2.52. The molecule has 1 aliphatic carbocycles. The van der Waals surface area contributed by atoms with Gasteiger partial charge in [0.2, 0.25) is 5.78 Å². The second-order valence-corrected chi connectivity index (χ2v) is 9.32. The van der Waals surface area contributed by atoms with E-state index in [1.807, 2.05) is 48.5 Å². The van der Waals surface area contributed by atoms with E-state index in [1.165, 1.54) is 0 Å². The number of nitrogens with zero attached hydrogens (tertiary/aromatic N) is 3. The van der Waals surface area contributed by atoms with Gasteiger partial charge >= 0.3 is 0 Å². The van der Waals surface area contributed by atoms with Crippen LogP contribution in [-0.4, -0.2) is 65.2 Å². The van der Waals surface area contributed by atoms with Crippen molar-refractivity contribution < 1.29 is 20.1 Å². The smallest absolute Gasteiger partial charge is 0.208 e. The Balaban J connectivity index is 1.33. The molecule has 2 aromatic rings. The Morgan fingerprint density at radius 1 is 0.886 bits per heavy atom. The first-order valence-corrected chi connectivity index (χ1v) is 12.0. The minimum absolute atomic E-state index is 0.129. The second-order valence-electron chi connectivity index (χ2n) is 9.32. The molecule has 3 aliphatic rings. The highest BCUT2D eigenvalue weighted by Gasteiger charge is 2.25. The molecule has 35 heavy (non-hydrogen) atoms. The zero-order chi connectivity index (χ0) is 24.5. The predicted octanol–water partition coefficient (Wildman–Crippen LogP) is 3.31. The Hall–Kier alpha value is -3.62. The van der Waals surface area contributed by atoms with E-state index >= 15 is 0 Å². The molecule has 2 aliphatic heterocycles. The van der Waals surface area contributed by atoms with E-state index in [9.17, 15) is 20.1 Å². The van der Waals surface area contributed by atoms with Gasteiger partial charge in [0.25, 0.3) is 0 Å². The average Bonchev–Trinajstić information content (AvgIpc) is 3.50. The van der Waals surface area contributed by atoms with Crippen LogP contribution >= 0.6 is 0 Å². The van der Waals surface area contributed by atoms with Crippen LogP contribution in [0, 0.1) is 0 Å². The number of nitrogens with one attached hydrogen (secondary N) is 1. The lowest BCUT2D eigenvalue weighted by atomic mass is 9.99. The van der Waals surface area contributed by atoms with Crippen molar-refractivity contribution in [3.05, 3.63) is 71.6 Å². The zero-order valence-corrected chi connectivity index (χ0v) is 19.7. The molecule has 0 aromatic heterocycles. The third-order valence-electron chi connectivity index (χ3n) is 6.77. The molecule has 4 N–H and O–H groups in total. The summed E-state index contributed by atoms with van der Waals surface area (Å²) in [5.74, 6) is -0.411. The number of carbonyl (C=O) groups excluding carboxylic acids is 1. The number of β-amino-alcohol motifs (C(OH)–C–C–N with tert-alkyl or cyclic N) is 2. The monoisotopic (exact) mass is 474 g/mol. The molecule has 182 valence electrons. The standard InChI is InChI=1S/C27H30N4O4/c1-17-26(34)24(28-18-2-6-20(7-3-18)30-12-10-22(32)15-30)14-25(27(17)35)29-19-4-8-21(9-5-19)31-13-11-23(33)16-31/h2-9,14,22-23,28,32-33,35H,10-13,15-16H2,1H3. The van der Waals surface area contributed by atoms with Crippen LogP contribution < -0.4 is 15.1 Å². The number of hydrogen-bond donors (Lipinski definition) is 4. The fourth-order valence-electron chi connectivity index (χ4n) is 4.69. The molecule has 8 heteroatoms. The number of aliphatic hydroxyl groups excluding tert-OH is 3. The number of hydrogen-bond acceptors (Lipinski definition) is 8. The quantitative estimate of drug-likeness (QED) is 0.493. The van der Waals surface area contributed by atoms with Gasteiger partial charge in [0.1, 0.15) is 11.5 Å². The highest BCUT2D eigenvalue weighted by atomic mass is 16.3. The van der Waals surface area contributed by atoms with Gasteiger partial charge in [-0.05, 0) is 74.4 Å². The van der Waals surface area contributed by atoms with E-state index in [-0.39, 0.29) is 29.3 Å². The lowest BCUT2D eigenvalue weighted by molar-refractivity contribution is -0.112. The first-order valence-electron chi connectivity index (χ1n) is 12.0. The predicted molar refractivity (Wildman–Crippen MR) is 138 cm³/mol. The van der Waals surface area contributed by atoms with Crippen molar-refractivity contribution in [3.8, 4) is 0 Å². The van der Waals surface area contributed by atoms with Crippen LogP contribution in [0.3, 0.4) is 0 Å². The maximum absolute atomic E-state index is 12.8. The largest absolute Gasteiger partial charge is 0.505 e. The average molecular weight is 475 g/mol. The molecular formula is C27H30N4O4. The zero-order valence-electron chi connectivity index (χ0n) is 19.7. The van der Waals surface area contributed by atoms with Crippen molar-refractivity contribution in [3.63, 3.8) is 0 Å². The summed E-state index contributed by atoms with van der Waals surface area (Å²) in [6, 6.07) is 15.3. The maximum Gasteiger partial charge on any atom is 0.208 e. The van der Waals surface area contributed by atoms with Gasteiger partial charge in [0.15, 0.2) is 0 Å². The number of anilines is 3. The fourth-order valence-corrected chi connectivity index (χ4v) is 4.69. The van der Waals surface area contributed by atoms with E-state index < -0.39 is 0 Å². The number of ketones is 1. The van der Waals surface area contributed by atoms with Gasteiger partial charge in [-0.3, -0.25) is 4.79 Å². The van der Waals surface area contributed by atoms with Crippen molar-refractivity contribution in [2.75, 3.05) is 41.3 Å². The Labute approximate surface area is 204 Å². The van der Waals surface area contributed by atoms with Crippen molar-refractivity contribution in [2.45, 2.75) is 32.0 Å². The van der Waals surface area contributed by atoms with Crippen molar-refractivity contribution in [1.29, 1.82) is 0 Å². The third kappa shape index (κ3) is 4.94. The molecule has 5 rings (SSSR count). The van der Waals surface area contributed by atoms with Crippen LogP contribution in [-0.2, 0) is 4.79 Å². The van der Waals surface area contributed by atoms with Crippen LogP contribution in [0.1, 0.15) is 19.8 Å². The van der Waals surface area contributed by atoms with Crippen LogP contribution in [0.25, 0.3) is 0 Å². The lowest BCUT2D eigenvalue weighted by Crippen LogP contribution is -2.22. The number of Topliss-reactive ketones (excluding diaryl/α,β-unsaturated/α-hetero) is 1. The first-order chi connectivity index (χ1) is 16.9. The molecule has 0 amide bonds. The summed E-state index contributed by atoms with van der Waals surface area (Å²) < 4.78 is 0. The summed E-state index contributed by atoms with van der Waals surface area (Å²) in [4.78, 5) is 21.6. The van der Waals surface area contributed by atoms with E-state index in [2.05, 4.69) is 20.1 Å². The van der Waals surface area contributed by atoms with Gasteiger partial charge in [-0.25, -0.2) is 4.99 Å². The summed E-state index contributed by atoms with van der Waals surface area (Å²) in [5.41, 5.74) is 4.34. The topological polar surface area (TPSA) is 109 Å². The SMILES string of the molecule is CC1=C(O)C(=Nc2ccc(N3CCC(O)C3)cc2)C=C(Nc2ccc(N3CCC(O)C3)cc2)C1=O. The number of carbonyl (C=O) groups is 1. The molecule has 0 radical (unpaired) electrons. The molecule has 2 saturated heterocycles. The van der Waals surface area contributed by atoms with Crippen molar-refractivity contribution in [1.82, 2.24) is 0 Å². The van der Waals surface area contributed by atoms with Gasteiger partial charge in [-0.2, -0.15) is 0 Å². The van der Waals surface area contributed by atoms with Gasteiger partial charge in [0, 0.05) is 48.8 Å². The minimum Gasteiger partial charge on any atom is -0.505 e. The molecule has 2 aromatic carbocycles. The van der Waals surface area contributed by atoms with Gasteiger partial charge in [-0.15, -0.1) is 0 Å². The lowest BCUT2D eigenvalue weighted by Gasteiger charge is -2.20. The van der Waals surface area contributed by atoms with Gasteiger partial charge in [-0.1, -0.05) is 0 Å². The molecule has 0 bridgehead atoms. The number of rotatable bonds is 5. The Kier molecular flexibility index (Phi) is 6.32. The fraction of sp³-hybridized carbons (Fsp3) is 0.333. The summed E-state index contributed by atoms with van der Waals surface area (Å²) >= 11 is 0. The van der Waals surface area contributed by atoms with Crippen LogP contribution in [0.15, 0.2) is 76.6 Å². The van der Waals surface area contributed by atoms with Crippen molar-refractivity contribution >= 4 is 34.2 Å². The van der Waals surface area contributed by atoms with E-state index in [1.54, 1.807) is 13.0 Å². The molecule has 2 atom stereocenters. The summed E-state index contributed by atoms with van der Waals surface area (Å²) in [7, 11) is 0. The number of aliphatic imine (C=N–C) groups is 1. The Morgan fingerprint density at radius 3 is 1.94 bits per heavy atom. The highest BCUT2D eigenvalue weighted by molar-refractivity contribution is 6.24. The highest BCUT2D eigenvalue weighted by Crippen LogP contribution is 2.27. The molecule has 2 unspecified atom stereocenters. The number of allylic oxidation sites excluding steroid dienone is 2. The van der Waals surface area contributed by atoms with Crippen LogP contribution in [0.2, 0.25) is 0 Å². The molecule has 2 heterocycles. The Bertz CT molecular complexity index is 1200. The normalized spacial score (nSPS) is 23.9. The third-order valence-corrected chi connectivity index (χ3v) is 6.77. The number of aliphatic hydroxyl groups is 3. The summed E-state index contributed by atoms with van der Waals surface area (Å²) in [6.45, 7) is 4.48. The van der Waals surface area contributed by atoms with Crippen LogP contribution in [0.4, 0.5) is 22.7 Å².